The average Bonchev–Trinajstić information content (AvgIpc) is 3.16. The van der Waals surface area contributed by atoms with Gasteiger partial charge in [-0.15, -0.1) is 0 Å². The van der Waals surface area contributed by atoms with Gasteiger partial charge in [0.25, 0.3) is 5.91 Å². The smallest absolute Gasteiger partial charge is 0.254 e. The molecule has 0 aliphatic carbocycles. The molecule has 1 N–H and O–H groups in total. The highest BCUT2D eigenvalue weighted by Gasteiger charge is 2.27. The predicted molar refractivity (Wildman–Crippen MR) is 108 cm³/mol. The number of nitrogens with zero attached hydrogens (tertiary/aromatic N) is 4. The number of aryl methyl sites for hydroxylation is 3. The molecule has 3 heterocycles. The maximum Gasteiger partial charge on any atom is 0.254 e. The van der Waals surface area contributed by atoms with Crippen molar-refractivity contribution in [2.24, 2.45) is 13.0 Å². The number of nitrogens with one attached hydrogen (secondary N) is 1. The Labute approximate surface area is 167 Å². The second kappa shape index (κ2) is 8.07. The summed E-state index contributed by atoms with van der Waals surface area (Å²) in [7, 11) is 1.86. The third kappa shape index (κ3) is 4.82. The zero-order valence-corrected chi connectivity index (χ0v) is 18.0. The maximum absolute atomic E-state index is 12.7. The molecule has 1 aliphatic heterocycles. The molecule has 0 unspecified atom stereocenters. The van der Waals surface area contributed by atoms with E-state index in [9.17, 15) is 4.79 Å². The highest BCUT2D eigenvalue weighted by Crippen LogP contribution is 2.24. The molecule has 1 saturated heterocycles. The molecule has 28 heavy (non-hydrogen) atoms. The summed E-state index contributed by atoms with van der Waals surface area (Å²) in [6.07, 6.45) is 3.95. The number of hydrogen-bond donors (Lipinski definition) is 1. The SMILES string of the molecule is Cc1nc(CN2CCC(CNC(=O)c3cn(C)nc3C(C)(C)C)CC2)oc1C. The van der Waals surface area contributed by atoms with Crippen LogP contribution in [0.5, 0.6) is 0 Å². The quantitative estimate of drug-likeness (QED) is 0.854. The van der Waals surface area contributed by atoms with Gasteiger partial charge in [0.15, 0.2) is 0 Å². The Balaban J connectivity index is 1.48. The highest BCUT2D eigenvalue weighted by atomic mass is 16.4. The topological polar surface area (TPSA) is 76.2 Å². The molecule has 154 valence electrons. The Bertz CT molecular complexity index is 803. The van der Waals surface area contributed by atoms with Gasteiger partial charge in [0.2, 0.25) is 5.89 Å². The van der Waals surface area contributed by atoms with E-state index in [1.807, 2.05) is 27.1 Å². The Morgan fingerprint density at radius 3 is 2.54 bits per heavy atom. The number of piperidine rings is 1. The molecule has 0 atom stereocenters. The summed E-state index contributed by atoms with van der Waals surface area (Å²) in [6, 6.07) is 0. The standard InChI is InChI=1S/C21H33N5O2/c1-14-15(2)28-18(23-14)13-26-9-7-16(8-10-26)11-22-20(27)17-12-25(6)24-19(17)21(3,4)5/h12,16H,7-11,13H2,1-6H3,(H,22,27). The average molecular weight is 388 g/mol. The van der Waals surface area contributed by atoms with E-state index < -0.39 is 0 Å². The van der Waals surface area contributed by atoms with Gasteiger partial charge < -0.3 is 9.73 Å². The summed E-state index contributed by atoms with van der Waals surface area (Å²) in [5, 5.41) is 7.62. The van der Waals surface area contributed by atoms with Crippen LogP contribution in [0.25, 0.3) is 0 Å². The van der Waals surface area contributed by atoms with Crippen LogP contribution >= 0.6 is 0 Å². The van der Waals surface area contributed by atoms with Gasteiger partial charge in [-0.3, -0.25) is 14.4 Å². The number of likely N-dealkylation sites (tertiary alicyclic amines) is 1. The normalized spacial score (nSPS) is 16.5. The van der Waals surface area contributed by atoms with Gasteiger partial charge in [-0.25, -0.2) is 4.98 Å². The summed E-state index contributed by atoms with van der Waals surface area (Å²) in [5.41, 5.74) is 2.34. The van der Waals surface area contributed by atoms with Gasteiger partial charge in [-0.05, 0) is 45.7 Å². The Morgan fingerprint density at radius 2 is 1.96 bits per heavy atom. The number of carbonyl (C=O) groups is 1. The van der Waals surface area contributed by atoms with Crippen LogP contribution in [0, 0.1) is 19.8 Å². The number of oxazole rings is 1. The van der Waals surface area contributed by atoms with E-state index in [2.05, 4.69) is 41.1 Å². The molecule has 7 nitrogen and oxygen atoms in total. The first-order valence-corrected chi connectivity index (χ1v) is 10.1. The zero-order valence-electron chi connectivity index (χ0n) is 18.0. The third-order valence-corrected chi connectivity index (χ3v) is 5.47. The Morgan fingerprint density at radius 1 is 1.29 bits per heavy atom. The molecule has 7 heteroatoms. The van der Waals surface area contributed by atoms with E-state index in [0.29, 0.717) is 18.0 Å². The van der Waals surface area contributed by atoms with E-state index in [-0.39, 0.29) is 11.3 Å². The van der Waals surface area contributed by atoms with Gasteiger partial charge in [-0.1, -0.05) is 20.8 Å². The van der Waals surface area contributed by atoms with Crippen LogP contribution in [-0.4, -0.2) is 45.2 Å². The van der Waals surface area contributed by atoms with Crippen molar-refractivity contribution in [2.45, 2.75) is 59.4 Å². The summed E-state index contributed by atoms with van der Waals surface area (Å²) in [6.45, 7) is 13.7. The van der Waals surface area contributed by atoms with E-state index >= 15 is 0 Å². The largest absolute Gasteiger partial charge is 0.444 e. The van der Waals surface area contributed by atoms with Crippen molar-refractivity contribution in [3.63, 3.8) is 0 Å². The molecule has 0 spiro atoms. The number of hydrogen-bond acceptors (Lipinski definition) is 5. The molecule has 1 amide bonds. The minimum Gasteiger partial charge on any atom is -0.444 e. The molecule has 0 aromatic carbocycles. The fourth-order valence-electron chi connectivity index (χ4n) is 3.69. The predicted octanol–water partition coefficient (Wildman–Crippen LogP) is 2.96. The summed E-state index contributed by atoms with van der Waals surface area (Å²) in [4.78, 5) is 19.6. The van der Waals surface area contributed by atoms with Crippen molar-refractivity contribution in [1.29, 1.82) is 0 Å². The first-order valence-electron chi connectivity index (χ1n) is 10.1. The van der Waals surface area contributed by atoms with E-state index in [1.54, 1.807) is 4.68 Å². The van der Waals surface area contributed by atoms with Crippen LogP contribution in [0.15, 0.2) is 10.6 Å². The lowest BCUT2D eigenvalue weighted by Gasteiger charge is -2.31. The van der Waals surface area contributed by atoms with Crippen LogP contribution in [0.2, 0.25) is 0 Å². The lowest BCUT2D eigenvalue weighted by Crippen LogP contribution is -2.38. The zero-order chi connectivity index (χ0) is 20.5. The number of aromatic nitrogens is 3. The van der Waals surface area contributed by atoms with Crippen molar-refractivity contribution in [3.8, 4) is 0 Å². The fourth-order valence-corrected chi connectivity index (χ4v) is 3.69. The molecule has 1 fully saturated rings. The minimum atomic E-state index is -0.157. The Kier molecular flexibility index (Phi) is 5.93. The van der Waals surface area contributed by atoms with Crippen molar-refractivity contribution in [3.05, 3.63) is 34.8 Å². The van der Waals surface area contributed by atoms with Crippen molar-refractivity contribution < 1.29 is 9.21 Å². The molecule has 0 saturated carbocycles. The summed E-state index contributed by atoms with van der Waals surface area (Å²) < 4.78 is 7.42. The van der Waals surface area contributed by atoms with Crippen LogP contribution < -0.4 is 5.32 Å². The summed E-state index contributed by atoms with van der Waals surface area (Å²) >= 11 is 0. The van der Waals surface area contributed by atoms with Crippen molar-refractivity contribution >= 4 is 5.91 Å². The fraction of sp³-hybridized carbons (Fsp3) is 0.667. The monoisotopic (exact) mass is 387 g/mol. The molecule has 0 bridgehead atoms. The first kappa shape index (κ1) is 20.6. The molecule has 2 aromatic heterocycles. The van der Waals surface area contributed by atoms with Crippen molar-refractivity contribution in [1.82, 2.24) is 25.0 Å². The molecule has 3 rings (SSSR count). The maximum atomic E-state index is 12.7. The van der Waals surface area contributed by atoms with Crippen LogP contribution in [0.1, 0.15) is 67.0 Å². The minimum absolute atomic E-state index is 0.0220. The number of amides is 1. The molecule has 0 radical (unpaired) electrons. The van der Waals surface area contributed by atoms with E-state index in [1.165, 1.54) is 0 Å². The van der Waals surface area contributed by atoms with Crippen molar-refractivity contribution in [2.75, 3.05) is 19.6 Å². The molecular weight excluding hydrogens is 354 g/mol. The molecule has 1 aliphatic rings. The lowest BCUT2D eigenvalue weighted by molar-refractivity contribution is 0.0931. The summed E-state index contributed by atoms with van der Waals surface area (Å²) in [5.74, 6) is 2.18. The van der Waals surface area contributed by atoms with E-state index in [4.69, 9.17) is 4.42 Å². The van der Waals surface area contributed by atoms with Gasteiger partial charge in [-0.2, -0.15) is 5.10 Å². The van der Waals surface area contributed by atoms with Gasteiger partial charge in [0.1, 0.15) is 5.76 Å². The van der Waals surface area contributed by atoms with Gasteiger partial charge in [0.05, 0.1) is 23.5 Å². The van der Waals surface area contributed by atoms with Crippen LogP contribution in [0.3, 0.4) is 0 Å². The lowest BCUT2D eigenvalue weighted by atomic mass is 9.89. The first-order chi connectivity index (χ1) is 13.1. The number of rotatable bonds is 5. The Hall–Kier alpha value is -2.15. The van der Waals surface area contributed by atoms with Crippen LogP contribution in [-0.2, 0) is 19.0 Å². The third-order valence-electron chi connectivity index (χ3n) is 5.47. The molecular formula is C21H33N5O2. The second-order valence-electron chi connectivity index (χ2n) is 8.99. The highest BCUT2D eigenvalue weighted by molar-refractivity contribution is 5.95. The van der Waals surface area contributed by atoms with E-state index in [0.717, 1.165) is 55.5 Å². The molecule has 2 aromatic rings. The number of carbonyl (C=O) groups excluding carboxylic acids is 1. The van der Waals surface area contributed by atoms with Gasteiger partial charge in [0, 0.05) is 25.2 Å². The second-order valence-corrected chi connectivity index (χ2v) is 8.99. The van der Waals surface area contributed by atoms with Gasteiger partial charge >= 0.3 is 0 Å². The van der Waals surface area contributed by atoms with Crippen LogP contribution in [0.4, 0.5) is 0 Å².